The van der Waals surface area contributed by atoms with Gasteiger partial charge in [-0.3, -0.25) is 10.1 Å². The first-order valence-electron chi connectivity index (χ1n) is 6.86. The third-order valence-electron chi connectivity index (χ3n) is 3.83. The smallest absolute Gasteiger partial charge is 0.323 e. The van der Waals surface area contributed by atoms with Crippen LogP contribution >= 0.6 is 0 Å². The van der Waals surface area contributed by atoms with Crippen molar-refractivity contribution in [3.05, 3.63) is 23.8 Å². The Morgan fingerprint density at radius 3 is 3.00 bits per heavy atom. The van der Waals surface area contributed by atoms with Crippen LogP contribution in [0.2, 0.25) is 0 Å². The molecule has 0 saturated carbocycles. The molecule has 1 heterocycles. The van der Waals surface area contributed by atoms with E-state index in [0.717, 1.165) is 12.0 Å². The molecule has 0 bridgehead atoms. The van der Waals surface area contributed by atoms with E-state index >= 15 is 0 Å². The van der Waals surface area contributed by atoms with Crippen LogP contribution in [-0.2, 0) is 9.53 Å². The average Bonchev–Trinajstić information content (AvgIpc) is 2.85. The second kappa shape index (κ2) is 6.13. The van der Waals surface area contributed by atoms with Crippen LogP contribution in [0.5, 0.6) is 11.5 Å². The normalized spacial score (nSPS) is 19.9. The fourth-order valence-electron chi connectivity index (χ4n) is 2.38. The second-order valence-corrected chi connectivity index (χ2v) is 5.14. The Kier molecular flexibility index (Phi) is 4.49. The maximum atomic E-state index is 11.9. The molecular formula is C15H21NO4. The third kappa shape index (κ3) is 2.88. The Morgan fingerprint density at radius 2 is 2.35 bits per heavy atom. The number of phenolic OH excluding ortho intramolecular Hbond substituents is 1. The zero-order chi connectivity index (χ0) is 14.7. The molecule has 0 radical (unpaired) electrons. The standard InChI is InChI=1S/C15H21NO4/c1-4-9(2)14(15(18)19-3)16-12-8-20-13-7-10(17)5-6-11(12)13/h5-7,9,12,14,16-17H,4,8H2,1-3H3. The van der Waals surface area contributed by atoms with Crippen LogP contribution in [0.4, 0.5) is 0 Å². The number of benzene rings is 1. The monoisotopic (exact) mass is 279 g/mol. The Bertz CT molecular complexity index is 489. The van der Waals surface area contributed by atoms with Crippen molar-refractivity contribution < 1.29 is 19.4 Å². The lowest BCUT2D eigenvalue weighted by atomic mass is 9.97. The Morgan fingerprint density at radius 1 is 1.60 bits per heavy atom. The lowest BCUT2D eigenvalue weighted by molar-refractivity contribution is -0.144. The number of methoxy groups -OCH3 is 1. The summed E-state index contributed by atoms with van der Waals surface area (Å²) in [6.45, 7) is 4.50. The highest BCUT2D eigenvalue weighted by Gasteiger charge is 2.32. The lowest BCUT2D eigenvalue weighted by Gasteiger charge is -2.25. The van der Waals surface area contributed by atoms with Gasteiger partial charge in [0.1, 0.15) is 24.1 Å². The molecular weight excluding hydrogens is 258 g/mol. The molecule has 1 aliphatic heterocycles. The fourth-order valence-corrected chi connectivity index (χ4v) is 2.38. The van der Waals surface area contributed by atoms with Crippen molar-refractivity contribution >= 4 is 5.97 Å². The van der Waals surface area contributed by atoms with Gasteiger partial charge in [-0.25, -0.2) is 0 Å². The van der Waals surface area contributed by atoms with Crippen LogP contribution < -0.4 is 10.1 Å². The minimum absolute atomic E-state index is 0.0660. The van der Waals surface area contributed by atoms with Gasteiger partial charge in [0.15, 0.2) is 0 Å². The molecule has 3 unspecified atom stereocenters. The number of carbonyl (C=O) groups is 1. The van der Waals surface area contributed by atoms with Crippen molar-refractivity contribution in [2.75, 3.05) is 13.7 Å². The molecule has 0 amide bonds. The van der Waals surface area contributed by atoms with Gasteiger partial charge in [0.2, 0.25) is 0 Å². The summed E-state index contributed by atoms with van der Waals surface area (Å²) in [7, 11) is 1.40. The molecule has 3 atom stereocenters. The summed E-state index contributed by atoms with van der Waals surface area (Å²) in [5.74, 6) is 0.751. The van der Waals surface area contributed by atoms with Crippen LogP contribution in [0.1, 0.15) is 31.9 Å². The summed E-state index contributed by atoms with van der Waals surface area (Å²) in [5.41, 5.74) is 0.958. The van der Waals surface area contributed by atoms with E-state index in [0.29, 0.717) is 12.4 Å². The molecule has 2 N–H and O–H groups in total. The predicted molar refractivity (Wildman–Crippen MR) is 74.7 cm³/mol. The summed E-state index contributed by atoms with van der Waals surface area (Å²) in [6.07, 6.45) is 0.878. The third-order valence-corrected chi connectivity index (χ3v) is 3.83. The van der Waals surface area contributed by atoms with E-state index in [1.807, 2.05) is 19.9 Å². The SMILES string of the molecule is CCC(C)C(NC1COc2cc(O)ccc21)C(=O)OC. The summed E-state index contributed by atoms with van der Waals surface area (Å²) < 4.78 is 10.4. The molecule has 1 aromatic carbocycles. The van der Waals surface area contributed by atoms with E-state index < -0.39 is 0 Å². The molecule has 110 valence electrons. The van der Waals surface area contributed by atoms with Crippen LogP contribution in [0, 0.1) is 5.92 Å². The summed E-state index contributed by atoms with van der Waals surface area (Å²) in [4.78, 5) is 11.9. The first kappa shape index (κ1) is 14.7. The van der Waals surface area contributed by atoms with E-state index in [4.69, 9.17) is 9.47 Å². The van der Waals surface area contributed by atoms with Crippen molar-refractivity contribution in [3.63, 3.8) is 0 Å². The Balaban J connectivity index is 2.15. The van der Waals surface area contributed by atoms with Crippen LogP contribution in [0.3, 0.4) is 0 Å². The number of hydrogen-bond acceptors (Lipinski definition) is 5. The number of aromatic hydroxyl groups is 1. The number of esters is 1. The van der Waals surface area contributed by atoms with Gasteiger partial charge in [0.25, 0.3) is 0 Å². The van der Waals surface area contributed by atoms with Crippen molar-refractivity contribution in [1.82, 2.24) is 5.32 Å². The highest BCUT2D eigenvalue weighted by Crippen LogP contribution is 2.35. The van der Waals surface area contributed by atoms with Gasteiger partial charge in [-0.1, -0.05) is 20.3 Å². The molecule has 20 heavy (non-hydrogen) atoms. The van der Waals surface area contributed by atoms with Gasteiger partial charge in [0.05, 0.1) is 13.2 Å². The number of carbonyl (C=O) groups excluding carboxylic acids is 1. The zero-order valence-corrected chi connectivity index (χ0v) is 12.1. The van der Waals surface area contributed by atoms with Gasteiger partial charge in [-0.15, -0.1) is 0 Å². The summed E-state index contributed by atoms with van der Waals surface area (Å²) >= 11 is 0. The highest BCUT2D eigenvalue weighted by atomic mass is 16.5. The van der Waals surface area contributed by atoms with Gasteiger partial charge >= 0.3 is 5.97 Å². The topological polar surface area (TPSA) is 67.8 Å². The van der Waals surface area contributed by atoms with E-state index in [1.54, 1.807) is 12.1 Å². The zero-order valence-electron chi connectivity index (χ0n) is 12.1. The summed E-state index contributed by atoms with van der Waals surface area (Å²) in [6, 6.07) is 4.61. The maximum Gasteiger partial charge on any atom is 0.323 e. The molecule has 1 aliphatic rings. The molecule has 0 spiro atoms. The number of hydrogen-bond donors (Lipinski definition) is 2. The van der Waals surface area contributed by atoms with E-state index in [2.05, 4.69) is 5.32 Å². The minimum atomic E-state index is -0.363. The molecule has 5 nitrogen and oxygen atoms in total. The van der Waals surface area contributed by atoms with Gasteiger partial charge in [-0.2, -0.15) is 0 Å². The van der Waals surface area contributed by atoms with Crippen molar-refractivity contribution in [2.45, 2.75) is 32.4 Å². The van der Waals surface area contributed by atoms with Crippen molar-refractivity contribution in [3.8, 4) is 11.5 Å². The predicted octanol–water partition coefficient (Wildman–Crippen LogP) is 2.00. The number of ether oxygens (including phenoxy) is 2. The highest BCUT2D eigenvalue weighted by molar-refractivity contribution is 5.76. The molecule has 0 aliphatic carbocycles. The quantitative estimate of drug-likeness (QED) is 0.807. The van der Waals surface area contributed by atoms with Crippen LogP contribution in [0.15, 0.2) is 18.2 Å². The number of phenols is 1. The second-order valence-electron chi connectivity index (χ2n) is 5.14. The lowest BCUT2D eigenvalue weighted by Crippen LogP contribution is -2.44. The molecule has 1 aromatic rings. The number of nitrogens with one attached hydrogen (secondary N) is 1. The van der Waals surface area contributed by atoms with Crippen molar-refractivity contribution in [2.24, 2.45) is 5.92 Å². The largest absolute Gasteiger partial charge is 0.508 e. The fraction of sp³-hybridized carbons (Fsp3) is 0.533. The molecule has 0 saturated heterocycles. The minimum Gasteiger partial charge on any atom is -0.508 e. The van der Waals surface area contributed by atoms with Crippen LogP contribution in [0.25, 0.3) is 0 Å². The van der Waals surface area contributed by atoms with Gasteiger partial charge < -0.3 is 14.6 Å². The van der Waals surface area contributed by atoms with Gasteiger partial charge in [0, 0.05) is 11.6 Å². The molecule has 5 heteroatoms. The average molecular weight is 279 g/mol. The van der Waals surface area contributed by atoms with E-state index in [1.165, 1.54) is 7.11 Å². The molecule has 2 rings (SSSR count). The van der Waals surface area contributed by atoms with Gasteiger partial charge in [-0.05, 0) is 18.1 Å². The molecule has 0 fully saturated rings. The van der Waals surface area contributed by atoms with E-state index in [-0.39, 0.29) is 29.7 Å². The summed E-state index contributed by atoms with van der Waals surface area (Å²) in [5, 5.41) is 12.8. The van der Waals surface area contributed by atoms with E-state index in [9.17, 15) is 9.90 Å². The van der Waals surface area contributed by atoms with Crippen LogP contribution in [-0.4, -0.2) is 30.8 Å². The number of fused-ring (bicyclic) bond motifs is 1. The Hall–Kier alpha value is -1.75. The first-order valence-corrected chi connectivity index (χ1v) is 6.86. The Labute approximate surface area is 118 Å². The maximum absolute atomic E-state index is 11.9. The van der Waals surface area contributed by atoms with Crippen molar-refractivity contribution in [1.29, 1.82) is 0 Å². The molecule has 0 aromatic heterocycles. The first-order chi connectivity index (χ1) is 9.56. The number of rotatable bonds is 5.